The second-order valence-electron chi connectivity index (χ2n) is 5.00. The van der Waals surface area contributed by atoms with Gasteiger partial charge < -0.3 is 11.1 Å². The molecule has 108 valence electrons. The zero-order chi connectivity index (χ0) is 15.3. The molecule has 1 aromatic heterocycles. The van der Waals surface area contributed by atoms with E-state index in [-0.39, 0.29) is 30.2 Å². The molecule has 0 unspecified atom stereocenters. The van der Waals surface area contributed by atoms with E-state index in [1.807, 2.05) is 27.7 Å². The van der Waals surface area contributed by atoms with E-state index in [1.54, 1.807) is 6.20 Å². The number of aromatic nitrogens is 2. The molecular formula is C14H20N4O2. The highest BCUT2D eigenvalue weighted by Crippen LogP contribution is 2.06. The van der Waals surface area contributed by atoms with Gasteiger partial charge in [-0.3, -0.25) is 9.36 Å². The number of rotatable bonds is 3. The van der Waals surface area contributed by atoms with Gasteiger partial charge >= 0.3 is 5.69 Å². The number of carbonyl (C=O) groups excluding carboxylic acids is 1. The van der Waals surface area contributed by atoms with Crippen LogP contribution >= 0.6 is 0 Å². The Bertz CT molecular complexity index is 606. The van der Waals surface area contributed by atoms with Gasteiger partial charge in [0.1, 0.15) is 5.82 Å². The minimum atomic E-state index is -0.392. The first kappa shape index (κ1) is 15.8. The third kappa shape index (κ3) is 4.12. The Balaban J connectivity index is 2.86. The molecular weight excluding hydrogens is 256 g/mol. The maximum Gasteiger partial charge on any atom is 0.349 e. The SMILES string of the molecule is CC(C)C(=O)NCC#Cc1cn(C(C)C)c(=O)nc1N. The lowest BCUT2D eigenvalue weighted by atomic mass is 10.2. The van der Waals surface area contributed by atoms with Gasteiger partial charge in [-0.15, -0.1) is 0 Å². The van der Waals surface area contributed by atoms with Gasteiger partial charge in [-0.05, 0) is 13.8 Å². The lowest BCUT2D eigenvalue weighted by molar-refractivity contribution is -0.123. The summed E-state index contributed by atoms with van der Waals surface area (Å²) >= 11 is 0. The van der Waals surface area contributed by atoms with Gasteiger partial charge in [-0.25, -0.2) is 4.79 Å². The summed E-state index contributed by atoms with van der Waals surface area (Å²) in [6.07, 6.45) is 1.59. The van der Waals surface area contributed by atoms with Gasteiger partial charge in [0.05, 0.1) is 12.1 Å². The molecule has 0 saturated carbocycles. The van der Waals surface area contributed by atoms with E-state index < -0.39 is 5.69 Å². The molecule has 1 heterocycles. The predicted octanol–water partition coefficient (Wildman–Crippen LogP) is 0.530. The molecule has 0 aliphatic rings. The summed E-state index contributed by atoms with van der Waals surface area (Å²) in [7, 11) is 0. The van der Waals surface area contributed by atoms with Crippen LogP contribution in [0.2, 0.25) is 0 Å². The van der Waals surface area contributed by atoms with Crippen molar-refractivity contribution < 1.29 is 4.79 Å². The second kappa shape index (κ2) is 6.75. The van der Waals surface area contributed by atoms with E-state index in [0.29, 0.717) is 5.56 Å². The smallest absolute Gasteiger partial charge is 0.349 e. The molecule has 0 spiro atoms. The summed E-state index contributed by atoms with van der Waals surface area (Å²) < 4.78 is 1.47. The van der Waals surface area contributed by atoms with Crippen molar-refractivity contribution in [1.82, 2.24) is 14.9 Å². The Hall–Kier alpha value is -2.29. The maximum atomic E-state index is 11.6. The van der Waals surface area contributed by atoms with Crippen LogP contribution in [-0.4, -0.2) is 22.0 Å². The van der Waals surface area contributed by atoms with E-state index in [0.717, 1.165) is 0 Å². The van der Waals surface area contributed by atoms with Crippen molar-refractivity contribution in [2.45, 2.75) is 33.7 Å². The molecule has 0 aliphatic carbocycles. The topological polar surface area (TPSA) is 90.0 Å². The Labute approximate surface area is 118 Å². The Kier molecular flexibility index (Phi) is 5.32. The number of nitrogens with zero attached hydrogens (tertiary/aromatic N) is 2. The number of nitrogens with one attached hydrogen (secondary N) is 1. The Morgan fingerprint density at radius 2 is 2.10 bits per heavy atom. The van der Waals surface area contributed by atoms with Gasteiger partial charge in [-0.2, -0.15) is 4.98 Å². The van der Waals surface area contributed by atoms with Crippen molar-refractivity contribution in [1.29, 1.82) is 0 Å². The number of carbonyl (C=O) groups is 1. The molecule has 1 aromatic rings. The quantitative estimate of drug-likeness (QED) is 0.788. The number of anilines is 1. The summed E-state index contributed by atoms with van der Waals surface area (Å²) in [6.45, 7) is 7.60. The second-order valence-corrected chi connectivity index (χ2v) is 5.00. The Morgan fingerprint density at radius 1 is 1.45 bits per heavy atom. The van der Waals surface area contributed by atoms with Crippen LogP contribution in [0.1, 0.15) is 39.3 Å². The number of nitrogen functional groups attached to an aromatic ring is 1. The first-order chi connectivity index (χ1) is 9.32. The van der Waals surface area contributed by atoms with Crippen LogP contribution in [0.25, 0.3) is 0 Å². The summed E-state index contributed by atoms with van der Waals surface area (Å²) in [6, 6.07) is -0.0169. The lowest BCUT2D eigenvalue weighted by Crippen LogP contribution is -2.28. The summed E-state index contributed by atoms with van der Waals surface area (Å²) in [5.74, 6) is 5.59. The molecule has 0 aromatic carbocycles. The van der Waals surface area contributed by atoms with E-state index in [4.69, 9.17) is 5.73 Å². The Morgan fingerprint density at radius 3 is 2.65 bits per heavy atom. The maximum absolute atomic E-state index is 11.6. The number of hydrogen-bond donors (Lipinski definition) is 2. The minimum Gasteiger partial charge on any atom is -0.382 e. The summed E-state index contributed by atoms with van der Waals surface area (Å²) in [5, 5.41) is 2.68. The first-order valence-electron chi connectivity index (χ1n) is 6.48. The van der Waals surface area contributed by atoms with Crippen LogP contribution in [0.4, 0.5) is 5.82 Å². The van der Waals surface area contributed by atoms with Crippen LogP contribution in [0, 0.1) is 17.8 Å². The first-order valence-corrected chi connectivity index (χ1v) is 6.48. The van der Waals surface area contributed by atoms with Crippen molar-refractivity contribution in [3.63, 3.8) is 0 Å². The van der Waals surface area contributed by atoms with Gasteiger partial charge in [0.25, 0.3) is 0 Å². The third-order valence-corrected chi connectivity index (χ3v) is 2.64. The summed E-state index contributed by atoms with van der Waals surface area (Å²) in [4.78, 5) is 26.7. The molecule has 0 aliphatic heterocycles. The molecule has 1 rings (SSSR count). The zero-order valence-electron chi connectivity index (χ0n) is 12.2. The molecule has 6 nitrogen and oxygen atoms in total. The standard InChI is InChI=1S/C14H20N4O2/c1-9(2)13(19)16-7-5-6-11-8-18(10(3)4)14(20)17-12(11)15/h8-10H,7H2,1-4H3,(H,16,19)(H2,15,17,20). The van der Waals surface area contributed by atoms with E-state index >= 15 is 0 Å². The highest BCUT2D eigenvalue weighted by Gasteiger charge is 2.07. The average molecular weight is 276 g/mol. The molecule has 0 saturated heterocycles. The minimum absolute atomic E-state index is 0.0169. The van der Waals surface area contributed by atoms with Crippen LogP contribution in [-0.2, 0) is 4.79 Å². The van der Waals surface area contributed by atoms with E-state index in [9.17, 15) is 9.59 Å². The van der Waals surface area contributed by atoms with Crippen LogP contribution in [0.3, 0.4) is 0 Å². The van der Waals surface area contributed by atoms with Crippen LogP contribution < -0.4 is 16.7 Å². The van der Waals surface area contributed by atoms with Crippen molar-refractivity contribution in [3.05, 3.63) is 22.2 Å². The zero-order valence-corrected chi connectivity index (χ0v) is 12.2. The molecule has 0 radical (unpaired) electrons. The highest BCUT2D eigenvalue weighted by atomic mass is 16.2. The van der Waals surface area contributed by atoms with E-state index in [2.05, 4.69) is 22.1 Å². The highest BCUT2D eigenvalue weighted by molar-refractivity contribution is 5.78. The van der Waals surface area contributed by atoms with Gasteiger partial charge in [-0.1, -0.05) is 25.7 Å². The van der Waals surface area contributed by atoms with Gasteiger partial charge in [0.2, 0.25) is 5.91 Å². The fraction of sp³-hybridized carbons (Fsp3) is 0.500. The molecule has 0 fully saturated rings. The molecule has 0 atom stereocenters. The fourth-order valence-electron chi connectivity index (χ4n) is 1.42. The van der Waals surface area contributed by atoms with Crippen molar-refractivity contribution in [2.24, 2.45) is 5.92 Å². The normalized spacial score (nSPS) is 10.3. The average Bonchev–Trinajstić information content (AvgIpc) is 2.35. The molecule has 0 bridgehead atoms. The fourth-order valence-corrected chi connectivity index (χ4v) is 1.42. The van der Waals surface area contributed by atoms with Gasteiger partial charge in [0.15, 0.2) is 0 Å². The molecule has 1 amide bonds. The van der Waals surface area contributed by atoms with Crippen molar-refractivity contribution >= 4 is 11.7 Å². The largest absolute Gasteiger partial charge is 0.382 e. The van der Waals surface area contributed by atoms with E-state index in [1.165, 1.54) is 4.57 Å². The lowest BCUT2D eigenvalue weighted by Gasteiger charge is -2.09. The number of amides is 1. The third-order valence-electron chi connectivity index (χ3n) is 2.64. The van der Waals surface area contributed by atoms with Crippen LogP contribution in [0.15, 0.2) is 11.0 Å². The predicted molar refractivity (Wildman–Crippen MR) is 78.0 cm³/mol. The molecule has 3 N–H and O–H groups in total. The van der Waals surface area contributed by atoms with Crippen molar-refractivity contribution in [3.8, 4) is 11.8 Å². The molecule has 6 heteroatoms. The van der Waals surface area contributed by atoms with Crippen molar-refractivity contribution in [2.75, 3.05) is 12.3 Å². The monoisotopic (exact) mass is 276 g/mol. The van der Waals surface area contributed by atoms with Crippen LogP contribution in [0.5, 0.6) is 0 Å². The van der Waals surface area contributed by atoms with Gasteiger partial charge in [0, 0.05) is 18.2 Å². The number of nitrogens with two attached hydrogens (primary N) is 1. The molecule has 20 heavy (non-hydrogen) atoms. The summed E-state index contributed by atoms with van der Waals surface area (Å²) in [5.41, 5.74) is 5.76. The number of hydrogen-bond acceptors (Lipinski definition) is 4.